The Morgan fingerprint density at radius 1 is 0.902 bits per heavy atom. The summed E-state index contributed by atoms with van der Waals surface area (Å²) in [7, 11) is -4.29. The monoisotopic (exact) mass is 733 g/mol. The van der Waals surface area contributed by atoms with E-state index in [4.69, 9.17) is 9.26 Å². The summed E-state index contributed by atoms with van der Waals surface area (Å²) >= 11 is 6.15. The Morgan fingerprint density at radius 2 is 1.49 bits per heavy atom. The maximum Gasteiger partial charge on any atom is 0.419 e. The average molecular weight is 735 g/mol. The largest absolute Gasteiger partial charge is 0.450 e. The maximum absolute atomic E-state index is 14.8. The van der Waals surface area contributed by atoms with Crippen LogP contribution in [0.1, 0.15) is 11.7 Å². The first kappa shape index (κ1) is 33.0. The predicted molar refractivity (Wildman–Crippen MR) is 146 cm³/mol. The topological polar surface area (TPSA) is 103 Å². The Morgan fingerprint density at radius 3 is 2.00 bits per heavy atom. The molecule has 17 heteroatoms. The van der Waals surface area contributed by atoms with Crippen molar-refractivity contribution in [3.8, 4) is 22.6 Å². The Kier molecular flexibility index (Phi) is 11.4. The molecule has 0 heterocycles. The molecule has 2 N–H and O–H groups in total. The summed E-state index contributed by atoms with van der Waals surface area (Å²) in [6.07, 6.45) is -7.94. The fourth-order valence-corrected chi connectivity index (χ4v) is 6.13. The molecule has 3 aromatic rings. The summed E-state index contributed by atoms with van der Waals surface area (Å²) in [6.45, 7) is -0.0374. The van der Waals surface area contributed by atoms with E-state index >= 15 is 0 Å². The molecule has 0 saturated carbocycles. The number of ether oxygens (including phenoxy) is 1. The third-order valence-electron chi connectivity index (χ3n) is 5.25. The van der Waals surface area contributed by atoms with Crippen molar-refractivity contribution in [2.24, 2.45) is 0 Å². The van der Waals surface area contributed by atoms with Gasteiger partial charge in [0.15, 0.2) is 6.10 Å². The average Bonchev–Trinajstić information content (AvgIpc) is 2.89. The fraction of sp³-hybridized carbons (Fsp3) is 0.250. The minimum Gasteiger partial charge on any atom is -0.450 e. The molecule has 0 fully saturated rings. The molecule has 0 aliphatic rings. The van der Waals surface area contributed by atoms with Crippen LogP contribution in [-0.2, 0) is 9.09 Å². The Bertz CT molecular complexity index is 1440. The van der Waals surface area contributed by atoms with Crippen molar-refractivity contribution in [3.63, 3.8) is 0 Å². The number of hydrogen-bond donors (Lipinski definition) is 2. The number of hydrogen-bond acceptors (Lipinski definition) is 5. The van der Waals surface area contributed by atoms with Gasteiger partial charge in [-0.05, 0) is 42.0 Å². The van der Waals surface area contributed by atoms with Gasteiger partial charge in [0.05, 0.1) is 4.92 Å². The second kappa shape index (κ2) is 14.1. The molecule has 0 aliphatic heterocycles. The van der Waals surface area contributed by atoms with Crippen LogP contribution in [0.4, 0.5) is 32.0 Å². The number of nitro benzene ring substituents is 1. The highest BCUT2D eigenvalue weighted by Gasteiger charge is 2.46. The van der Waals surface area contributed by atoms with Crippen LogP contribution in [0.15, 0.2) is 54.6 Å². The van der Waals surface area contributed by atoms with E-state index < -0.39 is 59.3 Å². The van der Waals surface area contributed by atoms with E-state index in [9.17, 15) is 41.0 Å². The van der Waals surface area contributed by atoms with Crippen molar-refractivity contribution in [3.05, 3.63) is 87.7 Å². The lowest BCUT2D eigenvalue weighted by Crippen LogP contribution is -2.32. The lowest BCUT2D eigenvalue weighted by Gasteiger charge is -2.27. The lowest BCUT2D eigenvalue weighted by atomic mass is 10.0. The summed E-state index contributed by atoms with van der Waals surface area (Å²) < 4.78 is 108. The summed E-state index contributed by atoms with van der Waals surface area (Å²) in [4.78, 5) is 10.6. The summed E-state index contributed by atoms with van der Waals surface area (Å²) in [5.74, 6) is -4.06. The van der Waals surface area contributed by atoms with E-state index in [1.165, 1.54) is 0 Å². The number of alkyl halides is 5. The van der Waals surface area contributed by atoms with Gasteiger partial charge in [0, 0.05) is 53.1 Å². The summed E-state index contributed by atoms with van der Waals surface area (Å²) in [6, 6.07) is 7.52. The van der Waals surface area contributed by atoms with Gasteiger partial charge in [-0.1, -0.05) is 31.9 Å². The zero-order chi connectivity index (χ0) is 30.4. The molecule has 0 radical (unpaired) electrons. The number of nitrogens with one attached hydrogen (secondary N) is 2. The van der Waals surface area contributed by atoms with Gasteiger partial charge in [0.25, 0.3) is 0 Å². The Balaban J connectivity index is 2.00. The predicted octanol–water partition coefficient (Wildman–Crippen LogP) is 8.17. The molecule has 8 nitrogen and oxygen atoms in total. The van der Waals surface area contributed by atoms with Gasteiger partial charge in [-0.15, -0.1) is 0 Å². The first-order valence-electron chi connectivity index (χ1n) is 11.5. The van der Waals surface area contributed by atoms with Crippen molar-refractivity contribution in [1.82, 2.24) is 10.2 Å². The molecular formula is C24H20Br2F6N3O5P. The van der Waals surface area contributed by atoms with Crippen LogP contribution in [0, 0.1) is 27.6 Å². The molecule has 3 rings (SSSR count). The van der Waals surface area contributed by atoms with E-state index in [1.807, 2.05) is 0 Å². The van der Waals surface area contributed by atoms with Gasteiger partial charge in [0.1, 0.15) is 23.2 Å². The molecule has 0 spiro atoms. The molecule has 1 atom stereocenters. The van der Waals surface area contributed by atoms with E-state index in [1.54, 1.807) is 0 Å². The molecule has 0 aromatic heterocycles. The highest BCUT2D eigenvalue weighted by atomic mass is 79.9. The maximum atomic E-state index is 14.8. The van der Waals surface area contributed by atoms with Crippen molar-refractivity contribution >= 4 is 45.2 Å². The van der Waals surface area contributed by atoms with Crippen molar-refractivity contribution in [2.75, 3.05) is 23.7 Å². The van der Waals surface area contributed by atoms with Gasteiger partial charge < -0.3 is 4.74 Å². The Labute approximate surface area is 246 Å². The number of benzene rings is 3. The first-order chi connectivity index (χ1) is 19.3. The molecule has 0 amide bonds. The van der Waals surface area contributed by atoms with Crippen LogP contribution < -0.4 is 14.9 Å². The second-order valence-corrected chi connectivity index (χ2v) is 11.7. The molecule has 0 bridgehead atoms. The summed E-state index contributed by atoms with van der Waals surface area (Å²) in [5.41, 5.74) is -2.02. The van der Waals surface area contributed by atoms with E-state index in [2.05, 4.69) is 42.0 Å². The molecule has 0 aliphatic carbocycles. The molecule has 1 unspecified atom stereocenters. The van der Waals surface area contributed by atoms with Gasteiger partial charge >= 0.3 is 19.5 Å². The highest BCUT2D eigenvalue weighted by Crippen LogP contribution is 2.50. The zero-order valence-electron chi connectivity index (χ0n) is 20.6. The lowest BCUT2D eigenvalue weighted by molar-refractivity contribution is -0.385. The van der Waals surface area contributed by atoms with Crippen LogP contribution in [0.5, 0.6) is 11.5 Å². The molecule has 3 aromatic carbocycles. The van der Waals surface area contributed by atoms with Crippen molar-refractivity contribution < 1.29 is 45.1 Å². The van der Waals surface area contributed by atoms with Gasteiger partial charge in [0.2, 0.25) is 5.75 Å². The fourth-order valence-electron chi connectivity index (χ4n) is 3.51. The Hall–Kier alpha value is -2.49. The van der Waals surface area contributed by atoms with Crippen LogP contribution in [-0.4, -0.2) is 34.8 Å². The standard InChI is InChI=1S/C24H20Br2F6N3O5P/c25-7-9-33-41(38,34-10-8-26)40-23(24(30,31)32)14-1-6-21(35(36)37)22(11-14)39-16-3-5-18(20(29)13-16)17-4-2-15(27)12-19(17)28/h1-6,11-13,23H,7-10H2,(H2,33,34,38). The molecule has 41 heavy (non-hydrogen) atoms. The van der Waals surface area contributed by atoms with Crippen molar-refractivity contribution in [1.29, 1.82) is 0 Å². The second-order valence-electron chi connectivity index (χ2n) is 8.12. The van der Waals surface area contributed by atoms with E-state index in [0.29, 0.717) is 12.1 Å². The molecule has 0 saturated heterocycles. The third kappa shape index (κ3) is 8.75. The number of rotatable bonds is 13. The van der Waals surface area contributed by atoms with Crippen LogP contribution in [0.3, 0.4) is 0 Å². The van der Waals surface area contributed by atoms with Crippen LogP contribution in [0.25, 0.3) is 11.1 Å². The van der Waals surface area contributed by atoms with Gasteiger partial charge in [-0.25, -0.2) is 23.3 Å². The van der Waals surface area contributed by atoms with Crippen molar-refractivity contribution in [2.45, 2.75) is 12.3 Å². The SMILES string of the molecule is O=[N+]([O-])c1ccc(C(OP(=O)(NCCBr)NCCBr)C(F)(F)F)cc1Oc1ccc(-c2ccc(F)cc2F)c(F)c1. The summed E-state index contributed by atoms with van der Waals surface area (Å²) in [5, 5.41) is 16.9. The smallest absolute Gasteiger partial charge is 0.419 e. The van der Waals surface area contributed by atoms with E-state index in [0.717, 1.165) is 42.5 Å². The zero-order valence-corrected chi connectivity index (χ0v) is 24.6. The first-order valence-corrected chi connectivity index (χ1v) is 15.3. The minimum absolute atomic E-state index is 0.0187. The quantitative estimate of drug-likeness (QED) is 0.0601. The van der Waals surface area contributed by atoms with E-state index in [-0.39, 0.29) is 40.6 Å². The third-order valence-corrected chi connectivity index (χ3v) is 7.83. The van der Waals surface area contributed by atoms with Crippen LogP contribution >= 0.6 is 39.5 Å². The number of nitro groups is 1. The minimum atomic E-state index is -5.12. The highest BCUT2D eigenvalue weighted by molar-refractivity contribution is 9.09. The molecular weight excluding hydrogens is 715 g/mol. The normalized spacial score (nSPS) is 12.8. The van der Waals surface area contributed by atoms with Gasteiger partial charge in [-0.2, -0.15) is 13.2 Å². The molecule has 222 valence electrons. The number of nitrogens with zero attached hydrogens (tertiary/aromatic N) is 1. The number of halogens is 8. The van der Waals surface area contributed by atoms with Gasteiger partial charge in [-0.3, -0.25) is 19.2 Å². The van der Waals surface area contributed by atoms with Crippen LogP contribution in [0.2, 0.25) is 0 Å².